The Balaban J connectivity index is 2.69. The number of hydrogen-bond acceptors (Lipinski definition) is 3. The van der Waals surface area contributed by atoms with E-state index in [-0.39, 0.29) is 23.4 Å². The maximum atomic E-state index is 11.4. The van der Waals surface area contributed by atoms with Gasteiger partial charge in [0.1, 0.15) is 0 Å². The molecule has 0 spiro atoms. The van der Waals surface area contributed by atoms with Gasteiger partial charge in [-0.25, -0.2) is 0 Å². The smallest absolute Gasteiger partial charge is 0.309 e. The van der Waals surface area contributed by atoms with E-state index in [4.69, 9.17) is 4.74 Å². The number of ether oxygens (including phenoxy) is 1. The first-order valence-electron chi connectivity index (χ1n) is 4.73. The van der Waals surface area contributed by atoms with Crippen LogP contribution in [0.2, 0.25) is 0 Å². The molecule has 0 aliphatic heterocycles. The Bertz CT molecular complexity index is 198. The van der Waals surface area contributed by atoms with Crippen LogP contribution in [0.25, 0.3) is 0 Å². The van der Waals surface area contributed by atoms with E-state index in [1.807, 2.05) is 13.8 Å². The van der Waals surface area contributed by atoms with Crippen molar-refractivity contribution in [2.24, 2.45) is 11.3 Å². The third-order valence-corrected chi connectivity index (χ3v) is 2.98. The molecule has 3 nitrogen and oxygen atoms in total. The Morgan fingerprint density at radius 3 is 2.54 bits per heavy atom. The third-order valence-electron chi connectivity index (χ3n) is 2.98. The van der Waals surface area contributed by atoms with Crippen LogP contribution in [-0.2, 0) is 9.53 Å². The standard InChI is InChI=1S/C10H18O3/c1-10(2)6-7(11)4-5-8(10)9(12)13-3/h7-8,11H,4-6H2,1-3H3/t7-,8-/m1/s1. The van der Waals surface area contributed by atoms with Crippen molar-refractivity contribution in [3.63, 3.8) is 0 Å². The van der Waals surface area contributed by atoms with Crippen molar-refractivity contribution in [1.29, 1.82) is 0 Å². The predicted octanol–water partition coefficient (Wildman–Crippen LogP) is 1.35. The van der Waals surface area contributed by atoms with E-state index >= 15 is 0 Å². The van der Waals surface area contributed by atoms with E-state index in [2.05, 4.69) is 0 Å². The van der Waals surface area contributed by atoms with E-state index in [1.165, 1.54) is 7.11 Å². The van der Waals surface area contributed by atoms with Crippen LogP contribution in [0.5, 0.6) is 0 Å². The number of carbonyl (C=O) groups excluding carboxylic acids is 1. The van der Waals surface area contributed by atoms with Crippen molar-refractivity contribution in [3.05, 3.63) is 0 Å². The van der Waals surface area contributed by atoms with Gasteiger partial charge in [0.25, 0.3) is 0 Å². The molecular weight excluding hydrogens is 168 g/mol. The van der Waals surface area contributed by atoms with Crippen LogP contribution in [0.4, 0.5) is 0 Å². The topological polar surface area (TPSA) is 46.5 Å². The molecule has 0 aromatic heterocycles. The zero-order valence-corrected chi connectivity index (χ0v) is 8.54. The Kier molecular flexibility index (Phi) is 2.96. The van der Waals surface area contributed by atoms with Crippen LogP contribution in [0.1, 0.15) is 33.1 Å². The lowest BCUT2D eigenvalue weighted by molar-refractivity contribution is -0.153. The van der Waals surface area contributed by atoms with Crippen molar-refractivity contribution in [2.45, 2.75) is 39.2 Å². The van der Waals surface area contributed by atoms with Gasteiger partial charge in [-0.1, -0.05) is 13.8 Å². The zero-order valence-electron chi connectivity index (χ0n) is 8.54. The minimum atomic E-state index is -0.254. The van der Waals surface area contributed by atoms with Gasteiger partial charge in [0.05, 0.1) is 19.1 Å². The van der Waals surface area contributed by atoms with Gasteiger partial charge in [-0.05, 0) is 24.7 Å². The summed E-state index contributed by atoms with van der Waals surface area (Å²) >= 11 is 0. The molecule has 1 aliphatic rings. The van der Waals surface area contributed by atoms with Crippen molar-refractivity contribution < 1.29 is 14.6 Å². The van der Waals surface area contributed by atoms with Crippen LogP contribution < -0.4 is 0 Å². The van der Waals surface area contributed by atoms with Crippen molar-refractivity contribution in [3.8, 4) is 0 Å². The molecule has 1 rings (SSSR count). The van der Waals surface area contributed by atoms with Crippen molar-refractivity contribution in [1.82, 2.24) is 0 Å². The monoisotopic (exact) mass is 186 g/mol. The molecule has 0 amide bonds. The minimum absolute atomic E-state index is 0.0547. The van der Waals surface area contributed by atoms with Crippen LogP contribution in [0.15, 0.2) is 0 Å². The van der Waals surface area contributed by atoms with E-state index in [0.29, 0.717) is 12.8 Å². The van der Waals surface area contributed by atoms with Gasteiger partial charge in [0, 0.05) is 0 Å². The van der Waals surface area contributed by atoms with Gasteiger partial charge in [0.15, 0.2) is 0 Å². The first-order chi connectivity index (χ1) is 5.97. The van der Waals surface area contributed by atoms with Crippen LogP contribution >= 0.6 is 0 Å². The average molecular weight is 186 g/mol. The lowest BCUT2D eigenvalue weighted by atomic mass is 9.68. The number of aliphatic hydroxyl groups is 1. The normalized spacial score (nSPS) is 32.6. The van der Waals surface area contributed by atoms with E-state index in [1.54, 1.807) is 0 Å². The maximum Gasteiger partial charge on any atom is 0.309 e. The summed E-state index contributed by atoms with van der Waals surface area (Å²) in [5.74, 6) is -0.196. The number of methoxy groups -OCH3 is 1. The average Bonchev–Trinajstić information content (AvgIpc) is 2.01. The highest BCUT2D eigenvalue weighted by molar-refractivity contribution is 5.73. The number of rotatable bonds is 1. The predicted molar refractivity (Wildman–Crippen MR) is 49.1 cm³/mol. The second-order valence-corrected chi connectivity index (χ2v) is 4.50. The molecule has 2 atom stereocenters. The van der Waals surface area contributed by atoms with Crippen LogP contribution in [-0.4, -0.2) is 24.3 Å². The molecular formula is C10H18O3. The van der Waals surface area contributed by atoms with Gasteiger partial charge < -0.3 is 9.84 Å². The molecule has 1 N–H and O–H groups in total. The molecule has 0 saturated heterocycles. The highest BCUT2D eigenvalue weighted by atomic mass is 16.5. The van der Waals surface area contributed by atoms with E-state index < -0.39 is 0 Å². The summed E-state index contributed by atoms with van der Waals surface area (Å²) in [4.78, 5) is 11.4. The molecule has 1 aliphatic carbocycles. The number of carbonyl (C=O) groups is 1. The molecule has 76 valence electrons. The van der Waals surface area contributed by atoms with Crippen molar-refractivity contribution >= 4 is 5.97 Å². The molecule has 3 heteroatoms. The summed E-state index contributed by atoms with van der Waals surface area (Å²) in [6, 6.07) is 0. The zero-order chi connectivity index (χ0) is 10.1. The van der Waals surface area contributed by atoms with Gasteiger partial charge in [-0.15, -0.1) is 0 Å². The Hall–Kier alpha value is -0.570. The molecule has 0 aromatic carbocycles. The second kappa shape index (κ2) is 3.66. The minimum Gasteiger partial charge on any atom is -0.469 e. The van der Waals surface area contributed by atoms with Gasteiger partial charge in [-0.2, -0.15) is 0 Å². The van der Waals surface area contributed by atoms with Gasteiger partial charge >= 0.3 is 5.97 Å². The number of esters is 1. The summed E-state index contributed by atoms with van der Waals surface area (Å²) in [5.41, 5.74) is -0.134. The third kappa shape index (κ3) is 2.21. The summed E-state index contributed by atoms with van der Waals surface area (Å²) in [6.07, 6.45) is 1.88. The fourth-order valence-corrected chi connectivity index (χ4v) is 2.18. The highest BCUT2D eigenvalue weighted by Gasteiger charge is 2.40. The molecule has 13 heavy (non-hydrogen) atoms. The fourth-order valence-electron chi connectivity index (χ4n) is 2.18. The lowest BCUT2D eigenvalue weighted by Gasteiger charge is -2.38. The summed E-state index contributed by atoms with van der Waals surface area (Å²) in [6.45, 7) is 4.02. The fraction of sp³-hybridized carbons (Fsp3) is 0.900. The molecule has 0 aromatic rings. The summed E-state index contributed by atoms with van der Waals surface area (Å²) in [7, 11) is 1.42. The van der Waals surface area contributed by atoms with Crippen LogP contribution in [0.3, 0.4) is 0 Å². The highest BCUT2D eigenvalue weighted by Crippen LogP contribution is 2.41. The SMILES string of the molecule is COC(=O)[C@H]1CC[C@@H](O)CC1(C)C. The molecule has 1 saturated carbocycles. The van der Waals surface area contributed by atoms with E-state index in [0.717, 1.165) is 6.42 Å². The number of aliphatic hydroxyl groups excluding tert-OH is 1. The van der Waals surface area contributed by atoms with Gasteiger partial charge in [0.2, 0.25) is 0 Å². The largest absolute Gasteiger partial charge is 0.469 e. The summed E-state index contributed by atoms with van der Waals surface area (Å²) < 4.78 is 4.74. The first-order valence-corrected chi connectivity index (χ1v) is 4.73. The Labute approximate surface area is 79.1 Å². The van der Waals surface area contributed by atoms with Crippen LogP contribution in [0, 0.1) is 11.3 Å². The quantitative estimate of drug-likeness (QED) is 0.629. The van der Waals surface area contributed by atoms with E-state index in [9.17, 15) is 9.90 Å². The molecule has 1 fully saturated rings. The number of hydrogen-bond donors (Lipinski definition) is 1. The first kappa shape index (κ1) is 10.5. The molecule has 0 heterocycles. The second-order valence-electron chi connectivity index (χ2n) is 4.50. The van der Waals surface area contributed by atoms with Crippen molar-refractivity contribution in [2.75, 3.05) is 7.11 Å². The Morgan fingerprint density at radius 2 is 2.08 bits per heavy atom. The summed E-state index contributed by atoms with van der Waals surface area (Å²) in [5, 5.41) is 9.46. The molecule has 0 bridgehead atoms. The van der Waals surface area contributed by atoms with Gasteiger partial charge in [-0.3, -0.25) is 4.79 Å². The maximum absolute atomic E-state index is 11.4. The lowest BCUT2D eigenvalue weighted by Crippen LogP contribution is -2.39. The molecule has 0 unspecified atom stereocenters. The Morgan fingerprint density at radius 1 is 1.46 bits per heavy atom. The molecule has 0 radical (unpaired) electrons.